The molecule has 0 bridgehead atoms. The van der Waals surface area contributed by atoms with Crippen LogP contribution in [-0.2, 0) is 19.7 Å². The van der Waals surface area contributed by atoms with Crippen molar-refractivity contribution in [2.75, 3.05) is 6.61 Å². The van der Waals surface area contributed by atoms with Crippen molar-refractivity contribution in [2.45, 2.75) is 31.0 Å². The molecule has 1 aliphatic heterocycles. The summed E-state index contributed by atoms with van der Waals surface area (Å²) in [6, 6.07) is 29.6. The minimum Gasteiger partial charge on any atom is -0.435 e. The van der Waals surface area contributed by atoms with Crippen molar-refractivity contribution in [1.29, 1.82) is 0 Å². The molecule has 1 saturated heterocycles. The Hall–Kier alpha value is -2.91. The zero-order valence-electron chi connectivity index (χ0n) is 15.8. The number of hydrogen-bond acceptors (Lipinski definition) is 3. The summed E-state index contributed by atoms with van der Waals surface area (Å²) >= 11 is 0. The van der Waals surface area contributed by atoms with Crippen LogP contribution in [0.3, 0.4) is 0 Å². The summed E-state index contributed by atoms with van der Waals surface area (Å²) in [5.41, 5.74) is 1.60. The Morgan fingerprint density at radius 1 is 0.750 bits per heavy atom. The van der Waals surface area contributed by atoms with E-state index in [4.69, 9.17) is 9.47 Å². The Morgan fingerprint density at radius 3 is 1.61 bits per heavy atom. The smallest absolute Gasteiger partial charge is 0.327 e. The SMILES string of the molecule is O=C(OC1CCCCO1)C(c1ccccc1)(c1ccccc1)c1ccccc1. The molecule has 3 aromatic rings. The maximum atomic E-state index is 13.8. The van der Waals surface area contributed by atoms with Gasteiger partial charge in [-0.25, -0.2) is 0 Å². The predicted molar refractivity (Wildman–Crippen MR) is 109 cm³/mol. The molecule has 1 unspecified atom stereocenters. The molecular weight excluding hydrogens is 348 g/mol. The van der Waals surface area contributed by atoms with Gasteiger partial charge in [-0.1, -0.05) is 91.0 Å². The van der Waals surface area contributed by atoms with Gasteiger partial charge in [0.15, 0.2) is 0 Å². The van der Waals surface area contributed by atoms with E-state index in [9.17, 15) is 4.79 Å². The second kappa shape index (κ2) is 8.41. The van der Waals surface area contributed by atoms with Gasteiger partial charge in [-0.3, -0.25) is 4.79 Å². The molecule has 3 heteroatoms. The maximum absolute atomic E-state index is 13.8. The number of rotatable bonds is 5. The van der Waals surface area contributed by atoms with Crippen LogP contribution in [0.1, 0.15) is 36.0 Å². The fraction of sp³-hybridized carbons (Fsp3) is 0.240. The lowest BCUT2D eigenvalue weighted by Crippen LogP contribution is -2.42. The standard InChI is InChI=1S/C25H24O3/c26-24(28-23-18-10-11-19-27-23)25(20-12-4-1-5-13-20,21-14-6-2-7-15-21)22-16-8-3-9-17-22/h1-9,12-17,23H,10-11,18-19H2. The summed E-state index contributed by atoms with van der Waals surface area (Å²) in [5, 5.41) is 0. The number of hydrogen-bond donors (Lipinski definition) is 0. The molecule has 3 aromatic carbocycles. The van der Waals surface area contributed by atoms with E-state index in [1.165, 1.54) is 0 Å². The third-order valence-corrected chi connectivity index (χ3v) is 5.30. The zero-order valence-corrected chi connectivity index (χ0v) is 15.8. The van der Waals surface area contributed by atoms with Crippen LogP contribution in [-0.4, -0.2) is 18.9 Å². The minimum atomic E-state index is -1.05. The molecule has 0 saturated carbocycles. The number of carbonyl (C=O) groups excluding carboxylic acids is 1. The number of esters is 1. The first-order chi connectivity index (χ1) is 13.8. The highest BCUT2D eigenvalue weighted by Crippen LogP contribution is 2.41. The Labute approximate surface area is 165 Å². The van der Waals surface area contributed by atoms with Gasteiger partial charge in [0.1, 0.15) is 5.41 Å². The lowest BCUT2D eigenvalue weighted by Gasteiger charge is -2.35. The zero-order chi connectivity index (χ0) is 19.2. The highest BCUT2D eigenvalue weighted by Gasteiger charge is 2.46. The molecule has 0 aliphatic carbocycles. The Bertz CT molecular complexity index is 788. The van der Waals surface area contributed by atoms with Gasteiger partial charge in [-0.05, 0) is 29.5 Å². The van der Waals surface area contributed by atoms with E-state index in [1.807, 2.05) is 91.0 Å². The molecule has 4 rings (SSSR count). The first-order valence-electron chi connectivity index (χ1n) is 9.81. The normalized spacial score (nSPS) is 17.1. The highest BCUT2D eigenvalue weighted by molar-refractivity contribution is 5.92. The fourth-order valence-electron chi connectivity index (χ4n) is 3.93. The molecule has 0 N–H and O–H groups in total. The van der Waals surface area contributed by atoms with Crippen molar-refractivity contribution in [2.24, 2.45) is 0 Å². The number of benzene rings is 3. The molecule has 28 heavy (non-hydrogen) atoms. The maximum Gasteiger partial charge on any atom is 0.327 e. The van der Waals surface area contributed by atoms with Crippen molar-refractivity contribution in [3.63, 3.8) is 0 Å². The van der Waals surface area contributed by atoms with Gasteiger partial charge >= 0.3 is 5.97 Å². The van der Waals surface area contributed by atoms with Crippen molar-refractivity contribution < 1.29 is 14.3 Å². The molecule has 3 nitrogen and oxygen atoms in total. The van der Waals surface area contributed by atoms with E-state index in [2.05, 4.69) is 0 Å². The topological polar surface area (TPSA) is 35.5 Å². The van der Waals surface area contributed by atoms with Gasteiger partial charge in [0.2, 0.25) is 6.29 Å². The summed E-state index contributed by atoms with van der Waals surface area (Å²) in [6.45, 7) is 0.632. The van der Waals surface area contributed by atoms with Crippen LogP contribution < -0.4 is 0 Å². The summed E-state index contributed by atoms with van der Waals surface area (Å²) in [5.74, 6) is -0.303. The van der Waals surface area contributed by atoms with Crippen LogP contribution in [0.25, 0.3) is 0 Å². The van der Waals surface area contributed by atoms with Crippen molar-refractivity contribution in [3.05, 3.63) is 108 Å². The summed E-state index contributed by atoms with van der Waals surface area (Å²) in [4.78, 5) is 13.8. The fourth-order valence-corrected chi connectivity index (χ4v) is 3.93. The Balaban J connectivity index is 1.89. The Kier molecular flexibility index (Phi) is 5.54. The second-order valence-electron chi connectivity index (χ2n) is 7.05. The van der Waals surface area contributed by atoms with E-state index in [0.29, 0.717) is 6.61 Å². The molecule has 142 valence electrons. The quantitative estimate of drug-likeness (QED) is 0.462. The van der Waals surface area contributed by atoms with E-state index < -0.39 is 11.7 Å². The average Bonchev–Trinajstić information content (AvgIpc) is 2.77. The monoisotopic (exact) mass is 372 g/mol. The van der Waals surface area contributed by atoms with Gasteiger partial charge in [0.05, 0.1) is 6.61 Å². The summed E-state index contributed by atoms with van der Waals surface area (Å²) < 4.78 is 11.7. The van der Waals surface area contributed by atoms with E-state index in [1.54, 1.807) is 0 Å². The predicted octanol–water partition coefficient (Wildman–Crippen LogP) is 5.09. The van der Waals surface area contributed by atoms with Gasteiger partial charge < -0.3 is 9.47 Å². The van der Waals surface area contributed by atoms with Gasteiger partial charge in [-0.15, -0.1) is 0 Å². The Morgan fingerprint density at radius 2 is 1.21 bits per heavy atom. The first kappa shape index (κ1) is 18.5. The third kappa shape index (κ3) is 3.46. The van der Waals surface area contributed by atoms with Crippen molar-refractivity contribution in [3.8, 4) is 0 Å². The van der Waals surface area contributed by atoms with Gasteiger partial charge in [-0.2, -0.15) is 0 Å². The van der Waals surface area contributed by atoms with Crippen LogP contribution in [0.2, 0.25) is 0 Å². The molecule has 0 aromatic heterocycles. The number of ether oxygens (including phenoxy) is 2. The van der Waals surface area contributed by atoms with Crippen LogP contribution >= 0.6 is 0 Å². The van der Waals surface area contributed by atoms with Crippen molar-refractivity contribution >= 4 is 5.97 Å². The third-order valence-electron chi connectivity index (χ3n) is 5.30. The molecule has 0 radical (unpaired) electrons. The molecular formula is C25H24O3. The molecule has 0 spiro atoms. The largest absolute Gasteiger partial charge is 0.435 e. The highest BCUT2D eigenvalue weighted by atomic mass is 16.7. The average molecular weight is 372 g/mol. The lowest BCUT2D eigenvalue weighted by atomic mass is 9.69. The molecule has 1 atom stereocenters. The summed E-state index contributed by atoms with van der Waals surface area (Å²) in [7, 11) is 0. The molecule has 0 amide bonds. The van der Waals surface area contributed by atoms with Crippen molar-refractivity contribution in [1.82, 2.24) is 0 Å². The van der Waals surface area contributed by atoms with Crippen LogP contribution in [0.5, 0.6) is 0 Å². The number of carbonyl (C=O) groups is 1. The molecule has 1 heterocycles. The van der Waals surface area contributed by atoms with Crippen LogP contribution in [0.4, 0.5) is 0 Å². The van der Waals surface area contributed by atoms with Crippen LogP contribution in [0, 0.1) is 0 Å². The summed E-state index contributed by atoms with van der Waals surface area (Å²) in [6.07, 6.45) is 2.26. The van der Waals surface area contributed by atoms with Crippen LogP contribution in [0.15, 0.2) is 91.0 Å². The van der Waals surface area contributed by atoms with Gasteiger partial charge in [0, 0.05) is 6.42 Å². The van der Waals surface area contributed by atoms with E-state index >= 15 is 0 Å². The molecule has 1 fully saturated rings. The first-order valence-corrected chi connectivity index (χ1v) is 9.81. The van der Waals surface area contributed by atoms with E-state index in [0.717, 1.165) is 36.0 Å². The van der Waals surface area contributed by atoms with E-state index in [-0.39, 0.29) is 5.97 Å². The van der Waals surface area contributed by atoms with Gasteiger partial charge in [0.25, 0.3) is 0 Å². The molecule has 1 aliphatic rings. The minimum absolute atomic E-state index is 0.303. The lowest BCUT2D eigenvalue weighted by molar-refractivity contribution is -0.190. The second-order valence-corrected chi connectivity index (χ2v) is 7.05.